The predicted octanol–water partition coefficient (Wildman–Crippen LogP) is 1.22. The average Bonchev–Trinajstić information content (AvgIpc) is 2.19. The van der Waals surface area contributed by atoms with Crippen molar-refractivity contribution in [2.45, 2.75) is 51.2 Å². The lowest BCUT2D eigenvalue weighted by molar-refractivity contribution is -0.0246. The molecule has 0 bridgehead atoms. The summed E-state index contributed by atoms with van der Waals surface area (Å²) in [7, 11) is 2.14. The smallest absolute Gasteiger partial charge is 0.0798 e. The van der Waals surface area contributed by atoms with Crippen LogP contribution < -0.4 is 5.32 Å². The zero-order chi connectivity index (χ0) is 11.3. The molecule has 1 rings (SSSR count). The van der Waals surface area contributed by atoms with E-state index < -0.39 is 5.60 Å². The first-order valence-corrected chi connectivity index (χ1v) is 6.24. The number of hydrogen-bond acceptors (Lipinski definition) is 3. The number of rotatable bonds is 5. The van der Waals surface area contributed by atoms with Crippen molar-refractivity contribution in [1.82, 2.24) is 10.2 Å². The molecule has 15 heavy (non-hydrogen) atoms. The zero-order valence-corrected chi connectivity index (χ0v) is 10.4. The van der Waals surface area contributed by atoms with E-state index in [0.717, 1.165) is 32.5 Å². The highest BCUT2D eigenvalue weighted by molar-refractivity contribution is 4.87. The van der Waals surface area contributed by atoms with Gasteiger partial charge in [0.15, 0.2) is 0 Å². The summed E-state index contributed by atoms with van der Waals surface area (Å²) < 4.78 is 0. The summed E-state index contributed by atoms with van der Waals surface area (Å²) in [6, 6.07) is 0.615. The second-order valence-electron chi connectivity index (χ2n) is 4.86. The van der Waals surface area contributed by atoms with Crippen molar-refractivity contribution < 1.29 is 5.11 Å². The van der Waals surface area contributed by atoms with Crippen LogP contribution in [0.25, 0.3) is 0 Å². The van der Waals surface area contributed by atoms with E-state index in [1.807, 2.05) is 0 Å². The lowest BCUT2D eigenvalue weighted by Crippen LogP contribution is -2.50. The van der Waals surface area contributed by atoms with E-state index in [4.69, 9.17) is 0 Å². The Kier molecular flexibility index (Phi) is 5.03. The highest BCUT2D eigenvalue weighted by Gasteiger charge is 2.31. The largest absolute Gasteiger partial charge is 0.388 e. The van der Waals surface area contributed by atoms with E-state index in [-0.39, 0.29) is 0 Å². The maximum Gasteiger partial charge on any atom is 0.0798 e. The van der Waals surface area contributed by atoms with Crippen LogP contribution in [-0.4, -0.2) is 48.3 Å². The lowest BCUT2D eigenvalue weighted by atomic mass is 9.91. The molecule has 0 aromatic rings. The van der Waals surface area contributed by atoms with E-state index >= 15 is 0 Å². The van der Waals surface area contributed by atoms with Crippen LogP contribution >= 0.6 is 0 Å². The van der Waals surface area contributed by atoms with Crippen LogP contribution in [0.1, 0.15) is 39.5 Å². The van der Waals surface area contributed by atoms with Gasteiger partial charge in [-0.25, -0.2) is 0 Å². The van der Waals surface area contributed by atoms with E-state index in [1.165, 1.54) is 12.8 Å². The minimum absolute atomic E-state index is 0.456. The molecule has 3 heteroatoms. The second kappa shape index (κ2) is 5.83. The number of nitrogens with one attached hydrogen (secondary N) is 1. The van der Waals surface area contributed by atoms with Gasteiger partial charge in [0.25, 0.3) is 0 Å². The second-order valence-corrected chi connectivity index (χ2v) is 4.86. The summed E-state index contributed by atoms with van der Waals surface area (Å²) >= 11 is 0. The van der Waals surface area contributed by atoms with Crippen molar-refractivity contribution >= 4 is 0 Å². The van der Waals surface area contributed by atoms with Crippen LogP contribution in [0.3, 0.4) is 0 Å². The third-order valence-electron chi connectivity index (χ3n) is 3.64. The molecule has 1 heterocycles. The van der Waals surface area contributed by atoms with Crippen LogP contribution in [0.5, 0.6) is 0 Å². The van der Waals surface area contributed by atoms with Gasteiger partial charge in [-0.2, -0.15) is 0 Å². The average molecular weight is 214 g/mol. The fourth-order valence-corrected chi connectivity index (χ4v) is 2.56. The van der Waals surface area contributed by atoms with Gasteiger partial charge in [-0.3, -0.25) is 0 Å². The van der Waals surface area contributed by atoms with E-state index in [2.05, 4.69) is 31.1 Å². The Morgan fingerprint density at radius 2 is 1.80 bits per heavy atom. The third-order valence-corrected chi connectivity index (χ3v) is 3.64. The molecule has 0 spiro atoms. The summed E-state index contributed by atoms with van der Waals surface area (Å²) in [5, 5.41) is 13.7. The minimum atomic E-state index is -0.456. The molecule has 0 aromatic heterocycles. The molecule has 1 aliphatic rings. The standard InChI is InChI=1S/C12H26N2O/c1-4-11(5-2)14(3)10-12(15)6-8-13-9-7-12/h11,13,15H,4-10H2,1-3H3. The van der Waals surface area contributed by atoms with Gasteiger partial charge in [-0.1, -0.05) is 13.8 Å². The Morgan fingerprint density at radius 1 is 1.27 bits per heavy atom. The summed E-state index contributed by atoms with van der Waals surface area (Å²) in [5.41, 5.74) is -0.456. The van der Waals surface area contributed by atoms with Gasteiger partial charge in [0, 0.05) is 12.6 Å². The van der Waals surface area contributed by atoms with Gasteiger partial charge in [0.2, 0.25) is 0 Å². The number of piperidine rings is 1. The van der Waals surface area contributed by atoms with Gasteiger partial charge in [-0.15, -0.1) is 0 Å². The molecule has 0 radical (unpaired) electrons. The fourth-order valence-electron chi connectivity index (χ4n) is 2.56. The predicted molar refractivity (Wildman–Crippen MR) is 64.1 cm³/mol. The first-order chi connectivity index (χ1) is 7.11. The molecular weight excluding hydrogens is 188 g/mol. The maximum atomic E-state index is 10.4. The summed E-state index contributed by atoms with van der Waals surface area (Å²) in [6.07, 6.45) is 4.11. The van der Waals surface area contributed by atoms with E-state index in [9.17, 15) is 5.11 Å². The molecule has 0 unspecified atom stereocenters. The van der Waals surface area contributed by atoms with Crippen LogP contribution in [-0.2, 0) is 0 Å². The Hall–Kier alpha value is -0.120. The van der Waals surface area contributed by atoms with Gasteiger partial charge in [-0.05, 0) is 45.8 Å². The molecule has 1 saturated heterocycles. The Morgan fingerprint density at radius 3 is 2.27 bits per heavy atom. The lowest BCUT2D eigenvalue weighted by Gasteiger charge is -2.38. The molecular formula is C12H26N2O. The normalized spacial score (nSPS) is 21.2. The SMILES string of the molecule is CCC(CC)N(C)CC1(O)CCNCC1. The summed E-state index contributed by atoms with van der Waals surface area (Å²) in [5.74, 6) is 0. The highest BCUT2D eigenvalue weighted by Crippen LogP contribution is 2.20. The topological polar surface area (TPSA) is 35.5 Å². The van der Waals surface area contributed by atoms with Crippen molar-refractivity contribution in [1.29, 1.82) is 0 Å². The minimum Gasteiger partial charge on any atom is -0.388 e. The molecule has 0 aromatic carbocycles. The monoisotopic (exact) mass is 214 g/mol. The summed E-state index contributed by atoms with van der Waals surface area (Å²) in [4.78, 5) is 2.32. The third kappa shape index (κ3) is 3.74. The van der Waals surface area contributed by atoms with Crippen LogP contribution in [0.15, 0.2) is 0 Å². The Bertz CT molecular complexity index is 174. The molecule has 3 nitrogen and oxygen atoms in total. The van der Waals surface area contributed by atoms with Crippen LogP contribution in [0, 0.1) is 0 Å². The van der Waals surface area contributed by atoms with E-state index in [0.29, 0.717) is 6.04 Å². The zero-order valence-electron chi connectivity index (χ0n) is 10.4. The van der Waals surface area contributed by atoms with Crippen molar-refractivity contribution in [3.8, 4) is 0 Å². The number of aliphatic hydroxyl groups is 1. The molecule has 1 fully saturated rings. The van der Waals surface area contributed by atoms with Crippen molar-refractivity contribution in [2.24, 2.45) is 0 Å². The fraction of sp³-hybridized carbons (Fsp3) is 1.00. The van der Waals surface area contributed by atoms with Crippen molar-refractivity contribution in [3.05, 3.63) is 0 Å². The maximum absolute atomic E-state index is 10.4. The quantitative estimate of drug-likeness (QED) is 0.722. The molecule has 1 aliphatic heterocycles. The van der Waals surface area contributed by atoms with Crippen LogP contribution in [0.4, 0.5) is 0 Å². The van der Waals surface area contributed by atoms with Gasteiger partial charge in [0.05, 0.1) is 5.60 Å². The first-order valence-electron chi connectivity index (χ1n) is 6.24. The van der Waals surface area contributed by atoms with Crippen LogP contribution in [0.2, 0.25) is 0 Å². The summed E-state index contributed by atoms with van der Waals surface area (Å²) in [6.45, 7) is 7.16. The highest BCUT2D eigenvalue weighted by atomic mass is 16.3. The Balaban J connectivity index is 2.44. The van der Waals surface area contributed by atoms with E-state index in [1.54, 1.807) is 0 Å². The van der Waals surface area contributed by atoms with Crippen molar-refractivity contribution in [2.75, 3.05) is 26.7 Å². The van der Waals surface area contributed by atoms with Gasteiger partial charge < -0.3 is 15.3 Å². The first kappa shape index (κ1) is 12.9. The number of nitrogens with zero attached hydrogens (tertiary/aromatic N) is 1. The number of hydrogen-bond donors (Lipinski definition) is 2. The Labute approximate surface area is 93.9 Å². The van der Waals surface area contributed by atoms with Gasteiger partial charge in [0.1, 0.15) is 0 Å². The molecule has 2 N–H and O–H groups in total. The molecule has 0 aliphatic carbocycles. The molecule has 0 atom stereocenters. The molecule has 0 saturated carbocycles. The van der Waals surface area contributed by atoms with Gasteiger partial charge >= 0.3 is 0 Å². The van der Waals surface area contributed by atoms with Crippen molar-refractivity contribution in [3.63, 3.8) is 0 Å². The number of likely N-dealkylation sites (N-methyl/N-ethyl adjacent to an activating group) is 1. The molecule has 90 valence electrons. The molecule has 0 amide bonds.